The summed E-state index contributed by atoms with van der Waals surface area (Å²) >= 11 is 4.70. The van der Waals surface area contributed by atoms with Crippen molar-refractivity contribution in [2.24, 2.45) is 0 Å². The zero-order valence-electron chi connectivity index (χ0n) is 7.29. The van der Waals surface area contributed by atoms with Crippen LogP contribution in [-0.4, -0.2) is 24.2 Å². The SMILES string of the molecule is CSc1cc2c(c(Br)n1)OCC(F)O2. The number of ether oxygens (including phenoxy) is 2. The lowest BCUT2D eigenvalue weighted by Gasteiger charge is -2.22. The van der Waals surface area contributed by atoms with Crippen molar-refractivity contribution >= 4 is 27.7 Å². The van der Waals surface area contributed by atoms with Crippen molar-refractivity contribution < 1.29 is 13.9 Å². The van der Waals surface area contributed by atoms with Crippen LogP contribution in [0.25, 0.3) is 0 Å². The first-order chi connectivity index (χ1) is 6.70. The minimum atomic E-state index is -1.40. The molecule has 0 bridgehead atoms. The van der Waals surface area contributed by atoms with Gasteiger partial charge in [0.25, 0.3) is 6.36 Å². The molecule has 0 spiro atoms. The number of hydrogen-bond acceptors (Lipinski definition) is 4. The van der Waals surface area contributed by atoms with Crippen molar-refractivity contribution in [2.45, 2.75) is 11.4 Å². The van der Waals surface area contributed by atoms with E-state index >= 15 is 0 Å². The Morgan fingerprint density at radius 1 is 1.71 bits per heavy atom. The summed E-state index contributed by atoms with van der Waals surface area (Å²) in [5, 5.41) is 0.758. The second-order valence-electron chi connectivity index (χ2n) is 2.62. The summed E-state index contributed by atoms with van der Waals surface area (Å²) in [7, 11) is 0. The molecule has 1 aliphatic heterocycles. The van der Waals surface area contributed by atoms with Gasteiger partial charge in [0.1, 0.15) is 5.03 Å². The molecule has 1 aromatic rings. The Kier molecular flexibility index (Phi) is 2.83. The van der Waals surface area contributed by atoms with E-state index in [4.69, 9.17) is 9.47 Å². The Balaban J connectivity index is 2.43. The van der Waals surface area contributed by atoms with Crippen LogP contribution in [0.5, 0.6) is 11.5 Å². The molecule has 0 N–H and O–H groups in total. The number of fused-ring (bicyclic) bond motifs is 1. The summed E-state index contributed by atoms with van der Waals surface area (Å²) in [6.07, 6.45) is 0.490. The van der Waals surface area contributed by atoms with Crippen LogP contribution in [0.15, 0.2) is 15.7 Å². The number of hydrogen-bond donors (Lipinski definition) is 0. The van der Waals surface area contributed by atoms with Gasteiger partial charge in [0.2, 0.25) is 0 Å². The Hall–Kier alpha value is -0.490. The molecule has 0 fully saturated rings. The van der Waals surface area contributed by atoms with Gasteiger partial charge < -0.3 is 9.47 Å². The summed E-state index contributed by atoms with van der Waals surface area (Å²) in [6, 6.07) is 1.66. The van der Waals surface area contributed by atoms with Gasteiger partial charge >= 0.3 is 0 Å². The van der Waals surface area contributed by atoms with Crippen LogP contribution < -0.4 is 9.47 Å². The van der Waals surface area contributed by atoms with E-state index in [1.54, 1.807) is 6.07 Å². The van der Waals surface area contributed by atoms with Gasteiger partial charge in [-0.3, -0.25) is 0 Å². The normalized spacial score (nSPS) is 19.5. The predicted molar refractivity (Wildman–Crippen MR) is 54.7 cm³/mol. The lowest BCUT2D eigenvalue weighted by atomic mass is 10.4. The number of rotatable bonds is 1. The van der Waals surface area contributed by atoms with Crippen molar-refractivity contribution in [3.8, 4) is 11.5 Å². The summed E-state index contributed by atoms with van der Waals surface area (Å²) in [5.41, 5.74) is 0. The number of thioether (sulfide) groups is 1. The van der Waals surface area contributed by atoms with E-state index in [-0.39, 0.29) is 6.61 Å². The third-order valence-electron chi connectivity index (χ3n) is 1.70. The second kappa shape index (κ2) is 3.94. The molecule has 0 aliphatic carbocycles. The second-order valence-corrected chi connectivity index (χ2v) is 4.20. The molecule has 0 aromatic carbocycles. The molecule has 2 heterocycles. The van der Waals surface area contributed by atoms with E-state index in [9.17, 15) is 4.39 Å². The molecule has 1 aromatic heterocycles. The summed E-state index contributed by atoms with van der Waals surface area (Å²) in [4.78, 5) is 4.18. The first-order valence-corrected chi connectivity index (χ1v) is 5.90. The zero-order valence-corrected chi connectivity index (χ0v) is 9.69. The highest BCUT2D eigenvalue weighted by Gasteiger charge is 2.23. The maximum absolute atomic E-state index is 12.8. The van der Waals surface area contributed by atoms with Crippen molar-refractivity contribution in [1.82, 2.24) is 4.98 Å². The highest BCUT2D eigenvalue weighted by molar-refractivity contribution is 9.10. The van der Waals surface area contributed by atoms with Crippen LogP contribution in [-0.2, 0) is 0 Å². The minimum absolute atomic E-state index is 0.0914. The summed E-state index contributed by atoms with van der Waals surface area (Å²) < 4.78 is 23.5. The van der Waals surface area contributed by atoms with Crippen molar-refractivity contribution in [2.75, 3.05) is 12.9 Å². The van der Waals surface area contributed by atoms with Crippen LogP contribution >= 0.6 is 27.7 Å². The van der Waals surface area contributed by atoms with Crippen molar-refractivity contribution in [1.29, 1.82) is 0 Å². The summed E-state index contributed by atoms with van der Waals surface area (Å²) in [5.74, 6) is 0.867. The molecule has 6 heteroatoms. The van der Waals surface area contributed by atoms with E-state index < -0.39 is 6.36 Å². The van der Waals surface area contributed by atoms with Gasteiger partial charge in [-0.1, -0.05) is 0 Å². The van der Waals surface area contributed by atoms with E-state index in [0.717, 1.165) is 5.03 Å². The highest BCUT2D eigenvalue weighted by Crippen LogP contribution is 2.39. The first-order valence-electron chi connectivity index (χ1n) is 3.89. The number of nitrogens with zero attached hydrogens (tertiary/aromatic N) is 1. The predicted octanol–water partition coefficient (Wildman–Crippen LogP) is 2.63. The van der Waals surface area contributed by atoms with Gasteiger partial charge in [0.05, 0.1) is 0 Å². The maximum Gasteiger partial charge on any atom is 0.272 e. The van der Waals surface area contributed by atoms with Gasteiger partial charge in [0.15, 0.2) is 22.7 Å². The minimum Gasteiger partial charge on any atom is -0.480 e. The molecular formula is C8H7BrFNO2S. The summed E-state index contributed by atoms with van der Waals surface area (Å²) in [6.45, 7) is -0.0914. The van der Waals surface area contributed by atoms with E-state index in [0.29, 0.717) is 16.1 Å². The van der Waals surface area contributed by atoms with E-state index in [1.807, 2.05) is 6.26 Å². The fourth-order valence-electron chi connectivity index (χ4n) is 1.10. The van der Waals surface area contributed by atoms with Crippen LogP contribution in [0.2, 0.25) is 0 Å². The van der Waals surface area contributed by atoms with Gasteiger partial charge in [-0.25, -0.2) is 4.98 Å². The van der Waals surface area contributed by atoms with Gasteiger partial charge in [-0.15, -0.1) is 11.8 Å². The standard InChI is InChI=1S/C8H7BrFNO2S/c1-14-6-2-4-7(8(9)11-6)12-3-5(10)13-4/h2,5H,3H2,1H3. The van der Waals surface area contributed by atoms with Gasteiger partial charge in [-0.2, -0.15) is 4.39 Å². The van der Waals surface area contributed by atoms with Gasteiger partial charge in [-0.05, 0) is 22.2 Å². The number of halogens is 2. The van der Waals surface area contributed by atoms with Crippen LogP contribution in [0.3, 0.4) is 0 Å². The molecule has 2 rings (SSSR count). The van der Waals surface area contributed by atoms with E-state index in [1.165, 1.54) is 11.8 Å². The topological polar surface area (TPSA) is 31.4 Å². The van der Waals surface area contributed by atoms with Crippen LogP contribution in [0, 0.1) is 0 Å². The molecule has 1 atom stereocenters. The number of pyridine rings is 1. The fourth-order valence-corrected chi connectivity index (χ4v) is 2.13. The molecular weight excluding hydrogens is 273 g/mol. The molecule has 14 heavy (non-hydrogen) atoms. The first kappa shape index (κ1) is 10.0. The number of aromatic nitrogens is 1. The molecule has 0 radical (unpaired) electrons. The molecule has 3 nitrogen and oxygen atoms in total. The highest BCUT2D eigenvalue weighted by atomic mass is 79.9. The third kappa shape index (κ3) is 1.81. The molecule has 1 unspecified atom stereocenters. The van der Waals surface area contributed by atoms with Gasteiger partial charge in [0, 0.05) is 6.07 Å². The maximum atomic E-state index is 12.8. The monoisotopic (exact) mass is 279 g/mol. The van der Waals surface area contributed by atoms with Crippen molar-refractivity contribution in [3.05, 3.63) is 10.7 Å². The fraction of sp³-hybridized carbons (Fsp3) is 0.375. The van der Waals surface area contributed by atoms with E-state index in [2.05, 4.69) is 20.9 Å². The lowest BCUT2D eigenvalue weighted by molar-refractivity contribution is -0.00409. The molecule has 1 aliphatic rings. The lowest BCUT2D eigenvalue weighted by Crippen LogP contribution is -2.25. The molecule has 76 valence electrons. The molecule has 0 amide bonds. The number of alkyl halides is 1. The largest absolute Gasteiger partial charge is 0.480 e. The van der Waals surface area contributed by atoms with Crippen LogP contribution in [0.1, 0.15) is 0 Å². The Morgan fingerprint density at radius 2 is 2.50 bits per heavy atom. The third-order valence-corrected chi connectivity index (χ3v) is 2.86. The Morgan fingerprint density at radius 3 is 3.21 bits per heavy atom. The zero-order chi connectivity index (χ0) is 10.1. The smallest absolute Gasteiger partial charge is 0.272 e. The van der Waals surface area contributed by atoms with Crippen molar-refractivity contribution in [3.63, 3.8) is 0 Å². The van der Waals surface area contributed by atoms with Crippen LogP contribution in [0.4, 0.5) is 4.39 Å². The molecule has 0 saturated heterocycles. The average Bonchev–Trinajstić information content (AvgIpc) is 2.16. The average molecular weight is 280 g/mol. The molecule has 0 saturated carbocycles. The Labute approximate surface area is 93.1 Å². The quantitative estimate of drug-likeness (QED) is 0.584. The Bertz CT molecular complexity index is 363.